The normalized spacial score (nSPS) is 31.1. The van der Waals surface area contributed by atoms with E-state index in [1.54, 1.807) is 0 Å². The van der Waals surface area contributed by atoms with Gasteiger partial charge in [0.25, 0.3) is 0 Å². The number of carbonyl (C=O) groups excluding carboxylic acids is 1. The van der Waals surface area contributed by atoms with E-state index in [1.807, 2.05) is 11.3 Å². The van der Waals surface area contributed by atoms with E-state index in [2.05, 4.69) is 22.4 Å². The van der Waals surface area contributed by atoms with Crippen LogP contribution in [0.3, 0.4) is 0 Å². The Morgan fingerprint density at radius 2 is 2.07 bits per heavy atom. The van der Waals surface area contributed by atoms with Crippen molar-refractivity contribution in [3.8, 4) is 0 Å². The lowest BCUT2D eigenvalue weighted by Gasteiger charge is -2.33. The Hall–Kier alpha value is -0.670. The molecular formula is C12H15NOS. The molecule has 3 rings (SSSR count). The van der Waals surface area contributed by atoms with Gasteiger partial charge in [0, 0.05) is 36.3 Å². The van der Waals surface area contributed by atoms with Crippen LogP contribution in [-0.2, 0) is 11.3 Å². The van der Waals surface area contributed by atoms with Gasteiger partial charge in [0.1, 0.15) is 5.78 Å². The molecule has 15 heavy (non-hydrogen) atoms. The molecule has 2 saturated heterocycles. The maximum Gasteiger partial charge on any atom is 0.136 e. The third kappa shape index (κ3) is 1.74. The fraction of sp³-hybridized carbons (Fsp3) is 0.583. The predicted molar refractivity (Wildman–Crippen MR) is 60.9 cm³/mol. The Kier molecular flexibility index (Phi) is 2.37. The van der Waals surface area contributed by atoms with E-state index >= 15 is 0 Å². The van der Waals surface area contributed by atoms with Crippen molar-refractivity contribution in [2.75, 3.05) is 0 Å². The topological polar surface area (TPSA) is 20.3 Å². The van der Waals surface area contributed by atoms with E-state index in [0.29, 0.717) is 17.9 Å². The molecule has 0 aromatic carbocycles. The van der Waals surface area contributed by atoms with Crippen molar-refractivity contribution in [2.24, 2.45) is 0 Å². The van der Waals surface area contributed by atoms with Gasteiger partial charge in [-0.1, -0.05) is 6.07 Å². The van der Waals surface area contributed by atoms with Crippen LogP contribution < -0.4 is 0 Å². The quantitative estimate of drug-likeness (QED) is 0.764. The number of hydrogen-bond acceptors (Lipinski definition) is 3. The van der Waals surface area contributed by atoms with E-state index < -0.39 is 0 Å². The standard InChI is InChI=1S/C12H15NOS/c14-11-6-9-3-4-10(7-11)13(9)8-12-2-1-5-15-12/h1-2,5,9-10H,3-4,6-8H2. The number of ketones is 1. The number of carbonyl (C=O) groups is 1. The van der Waals surface area contributed by atoms with E-state index in [0.717, 1.165) is 19.4 Å². The molecule has 3 heteroatoms. The molecule has 80 valence electrons. The number of rotatable bonds is 2. The van der Waals surface area contributed by atoms with Gasteiger partial charge in [0.2, 0.25) is 0 Å². The first kappa shape index (κ1) is 9.55. The van der Waals surface area contributed by atoms with Crippen LogP contribution in [0.5, 0.6) is 0 Å². The van der Waals surface area contributed by atoms with Gasteiger partial charge < -0.3 is 0 Å². The molecule has 2 bridgehead atoms. The van der Waals surface area contributed by atoms with E-state index in [1.165, 1.54) is 17.7 Å². The van der Waals surface area contributed by atoms with Gasteiger partial charge in [-0.25, -0.2) is 0 Å². The molecule has 0 N–H and O–H groups in total. The van der Waals surface area contributed by atoms with Crippen molar-refractivity contribution < 1.29 is 4.79 Å². The Bertz CT molecular complexity index is 344. The Morgan fingerprint density at radius 1 is 1.33 bits per heavy atom. The summed E-state index contributed by atoms with van der Waals surface area (Å²) < 4.78 is 0. The summed E-state index contributed by atoms with van der Waals surface area (Å²) in [6.45, 7) is 1.06. The number of piperidine rings is 1. The largest absolute Gasteiger partial charge is 0.300 e. The lowest BCUT2D eigenvalue weighted by atomic mass is 10.0. The molecule has 1 aromatic heterocycles. The van der Waals surface area contributed by atoms with Gasteiger partial charge >= 0.3 is 0 Å². The summed E-state index contributed by atoms with van der Waals surface area (Å²) >= 11 is 1.82. The van der Waals surface area contributed by atoms with Gasteiger partial charge in [0.05, 0.1) is 0 Å². The second-order valence-electron chi connectivity index (χ2n) is 4.58. The molecule has 0 radical (unpaired) electrons. The van der Waals surface area contributed by atoms with E-state index in [4.69, 9.17) is 0 Å². The molecule has 3 heterocycles. The Labute approximate surface area is 93.9 Å². The molecular weight excluding hydrogens is 206 g/mol. The zero-order valence-corrected chi connectivity index (χ0v) is 9.50. The molecule has 2 aliphatic heterocycles. The second kappa shape index (κ2) is 3.72. The molecule has 2 unspecified atom stereocenters. The molecule has 0 amide bonds. The molecule has 2 aliphatic rings. The van der Waals surface area contributed by atoms with Crippen LogP contribution in [-0.4, -0.2) is 22.8 Å². The van der Waals surface area contributed by atoms with Crippen LogP contribution in [0.25, 0.3) is 0 Å². The smallest absolute Gasteiger partial charge is 0.136 e. The number of fused-ring (bicyclic) bond motifs is 2. The zero-order chi connectivity index (χ0) is 10.3. The fourth-order valence-electron chi connectivity index (χ4n) is 2.90. The van der Waals surface area contributed by atoms with Gasteiger partial charge in [0.15, 0.2) is 0 Å². The molecule has 2 nitrogen and oxygen atoms in total. The Morgan fingerprint density at radius 3 is 2.67 bits per heavy atom. The van der Waals surface area contributed by atoms with Crippen molar-refractivity contribution in [3.05, 3.63) is 22.4 Å². The average Bonchev–Trinajstić information content (AvgIpc) is 2.77. The fourth-order valence-corrected chi connectivity index (χ4v) is 3.62. The minimum Gasteiger partial charge on any atom is -0.300 e. The highest BCUT2D eigenvalue weighted by Crippen LogP contribution is 2.35. The third-order valence-electron chi connectivity index (χ3n) is 3.62. The first-order valence-corrected chi connectivity index (χ1v) is 6.51. The summed E-state index contributed by atoms with van der Waals surface area (Å²) in [5.41, 5.74) is 0. The summed E-state index contributed by atoms with van der Waals surface area (Å²) in [4.78, 5) is 15.4. The van der Waals surface area contributed by atoms with Gasteiger partial charge in [-0.15, -0.1) is 11.3 Å². The van der Waals surface area contributed by atoms with Gasteiger partial charge in [-0.2, -0.15) is 0 Å². The van der Waals surface area contributed by atoms with Crippen molar-refractivity contribution in [3.63, 3.8) is 0 Å². The number of nitrogens with zero attached hydrogens (tertiary/aromatic N) is 1. The van der Waals surface area contributed by atoms with Crippen molar-refractivity contribution in [1.29, 1.82) is 0 Å². The third-order valence-corrected chi connectivity index (χ3v) is 4.48. The number of thiophene rings is 1. The van der Waals surface area contributed by atoms with Crippen LogP contribution in [0.1, 0.15) is 30.6 Å². The highest BCUT2D eigenvalue weighted by Gasteiger charge is 2.39. The van der Waals surface area contributed by atoms with Crippen LogP contribution in [0.4, 0.5) is 0 Å². The molecule has 1 aromatic rings. The predicted octanol–water partition coefficient (Wildman–Crippen LogP) is 2.44. The van der Waals surface area contributed by atoms with Crippen LogP contribution in [0.2, 0.25) is 0 Å². The maximum atomic E-state index is 11.4. The minimum absolute atomic E-state index is 0.477. The molecule has 2 fully saturated rings. The first-order valence-electron chi connectivity index (χ1n) is 5.63. The lowest BCUT2D eigenvalue weighted by molar-refractivity contribution is -0.123. The van der Waals surface area contributed by atoms with Gasteiger partial charge in [-0.05, 0) is 24.3 Å². The average molecular weight is 221 g/mol. The molecule has 0 aliphatic carbocycles. The lowest BCUT2D eigenvalue weighted by Crippen LogP contribution is -2.42. The molecule has 2 atom stereocenters. The highest BCUT2D eigenvalue weighted by atomic mass is 32.1. The van der Waals surface area contributed by atoms with Crippen LogP contribution in [0.15, 0.2) is 17.5 Å². The summed E-state index contributed by atoms with van der Waals surface area (Å²) in [6, 6.07) is 5.38. The zero-order valence-electron chi connectivity index (χ0n) is 8.69. The summed E-state index contributed by atoms with van der Waals surface area (Å²) in [7, 11) is 0. The number of Topliss-reactive ketones (excluding diaryl/α,β-unsaturated/α-hetero) is 1. The monoisotopic (exact) mass is 221 g/mol. The first-order chi connectivity index (χ1) is 7.33. The summed E-state index contributed by atoms with van der Waals surface area (Å²) in [6.07, 6.45) is 4.04. The SMILES string of the molecule is O=C1CC2CCC(C1)N2Cc1cccs1. The van der Waals surface area contributed by atoms with E-state index in [9.17, 15) is 4.79 Å². The maximum absolute atomic E-state index is 11.4. The van der Waals surface area contributed by atoms with Gasteiger partial charge in [-0.3, -0.25) is 9.69 Å². The van der Waals surface area contributed by atoms with Crippen molar-refractivity contribution >= 4 is 17.1 Å². The number of hydrogen-bond donors (Lipinski definition) is 0. The minimum atomic E-state index is 0.477. The van der Waals surface area contributed by atoms with Crippen molar-refractivity contribution in [1.82, 2.24) is 4.90 Å². The summed E-state index contributed by atoms with van der Waals surface area (Å²) in [5.74, 6) is 0.477. The second-order valence-corrected chi connectivity index (χ2v) is 5.62. The summed E-state index contributed by atoms with van der Waals surface area (Å²) in [5, 5.41) is 2.13. The molecule has 0 saturated carbocycles. The van der Waals surface area contributed by atoms with Crippen LogP contribution in [0, 0.1) is 0 Å². The molecule has 0 spiro atoms. The van der Waals surface area contributed by atoms with E-state index in [-0.39, 0.29) is 0 Å². The van der Waals surface area contributed by atoms with Crippen LogP contribution >= 0.6 is 11.3 Å². The van der Waals surface area contributed by atoms with Crippen molar-refractivity contribution in [2.45, 2.75) is 44.3 Å². The Balaban J connectivity index is 1.75. The highest BCUT2D eigenvalue weighted by molar-refractivity contribution is 7.09.